The molecule has 502 valence electrons. The molecule has 0 aliphatic carbocycles. The molecular formula is C92H96B4I2O2. The molecule has 0 unspecified atom stereocenters. The first-order valence-electron chi connectivity index (χ1n) is 36.9. The minimum absolute atomic E-state index is 0.272. The van der Waals surface area contributed by atoms with Gasteiger partial charge in [0.05, 0.1) is 22.3 Å². The minimum Gasteiger partial charge on any atom is -0.492 e. The molecule has 12 rings (SSSR count). The summed E-state index contributed by atoms with van der Waals surface area (Å²) >= 11 is 4.73. The van der Waals surface area contributed by atoms with Crippen LogP contribution in [0.2, 0.25) is 27.3 Å². The Morgan fingerprint density at radius 1 is 0.340 bits per heavy atom. The summed E-state index contributed by atoms with van der Waals surface area (Å²) in [4.78, 5) is 0. The third-order valence-electron chi connectivity index (χ3n) is 20.6. The molecule has 0 saturated heterocycles. The van der Waals surface area contributed by atoms with Crippen molar-refractivity contribution in [1.29, 1.82) is 0 Å². The fraction of sp³-hybridized carbons (Fsp3) is 0.304. The SMILES string of the molecule is C#Cc1ccc2c(c1)C=Cc1cc3c(cc1B2C)C=Cc1cc(C#C)ccc1B3C.CC#Cc1cc(C)c(C#Cc2ccc3c(c2)C=Cc2cc4c(cc2B3C)C=Cc2cc(C)ccc2B4C)cc1OCCCCCCCCCC.CCCCCCCCCCOc1cc(I)c(C)cc1I. The Labute approximate surface area is 630 Å². The number of unbranched alkanes of at least 4 members (excludes halogenated alkanes) is 14. The molecule has 0 amide bonds. The van der Waals surface area contributed by atoms with E-state index >= 15 is 0 Å². The third-order valence-corrected chi connectivity index (χ3v) is 22.6. The van der Waals surface area contributed by atoms with E-state index < -0.39 is 0 Å². The smallest absolute Gasteiger partial charge is 0.207 e. The van der Waals surface area contributed by atoms with E-state index in [4.69, 9.17) is 22.3 Å². The first kappa shape index (κ1) is 75.0. The van der Waals surface area contributed by atoms with E-state index in [1.807, 2.05) is 19.1 Å². The number of ether oxygens (including phenoxy) is 2. The van der Waals surface area contributed by atoms with E-state index in [9.17, 15) is 0 Å². The van der Waals surface area contributed by atoms with Crippen LogP contribution in [0.25, 0.3) is 48.6 Å². The topological polar surface area (TPSA) is 18.5 Å². The second kappa shape index (κ2) is 36.8. The molecule has 4 aliphatic heterocycles. The number of benzene rings is 8. The van der Waals surface area contributed by atoms with Crippen molar-refractivity contribution in [3.63, 3.8) is 0 Å². The van der Waals surface area contributed by atoms with E-state index in [1.165, 1.54) is 203 Å². The average Bonchev–Trinajstić information content (AvgIpc) is 1.58. The Bertz CT molecular complexity index is 4520. The average molecular weight is 1530 g/mol. The van der Waals surface area contributed by atoms with E-state index in [1.54, 1.807) is 0 Å². The quantitative estimate of drug-likeness (QED) is 0.0328. The lowest BCUT2D eigenvalue weighted by molar-refractivity contribution is 0.302. The van der Waals surface area contributed by atoms with Crippen LogP contribution in [0.3, 0.4) is 0 Å². The van der Waals surface area contributed by atoms with Gasteiger partial charge in [0.1, 0.15) is 11.5 Å². The zero-order valence-electron chi connectivity index (χ0n) is 60.9. The number of terminal acetylenes is 2. The van der Waals surface area contributed by atoms with Gasteiger partial charge in [0.25, 0.3) is 0 Å². The summed E-state index contributed by atoms with van der Waals surface area (Å²) in [6, 6.07) is 44.4. The van der Waals surface area contributed by atoms with Crippen LogP contribution in [-0.2, 0) is 0 Å². The van der Waals surface area contributed by atoms with Crippen LogP contribution >= 0.6 is 45.2 Å². The van der Waals surface area contributed by atoms with Crippen LogP contribution in [0.1, 0.15) is 213 Å². The van der Waals surface area contributed by atoms with Crippen molar-refractivity contribution in [2.45, 2.75) is 172 Å². The molecule has 0 aromatic heterocycles. The van der Waals surface area contributed by atoms with Gasteiger partial charge >= 0.3 is 0 Å². The van der Waals surface area contributed by atoms with Crippen molar-refractivity contribution in [3.05, 3.63) is 217 Å². The zero-order valence-corrected chi connectivity index (χ0v) is 65.2. The maximum atomic E-state index is 6.30. The maximum Gasteiger partial charge on any atom is 0.207 e. The van der Waals surface area contributed by atoms with E-state index in [-0.39, 0.29) is 6.71 Å². The van der Waals surface area contributed by atoms with Gasteiger partial charge in [-0.25, -0.2) is 0 Å². The van der Waals surface area contributed by atoms with E-state index in [2.05, 4.69) is 300 Å². The summed E-state index contributed by atoms with van der Waals surface area (Å²) in [7, 11) is 0. The lowest BCUT2D eigenvalue weighted by Crippen LogP contribution is -2.45. The van der Waals surface area contributed by atoms with Crippen molar-refractivity contribution in [1.82, 2.24) is 0 Å². The van der Waals surface area contributed by atoms with Gasteiger partial charge in [-0.15, -0.1) is 18.8 Å². The number of aryl methyl sites for hydroxylation is 3. The summed E-state index contributed by atoms with van der Waals surface area (Å²) in [5.74, 6) is 20.7. The lowest BCUT2D eigenvalue weighted by atomic mass is 9.38. The molecule has 4 heterocycles. The van der Waals surface area contributed by atoms with Gasteiger partial charge in [0, 0.05) is 25.8 Å². The summed E-state index contributed by atoms with van der Waals surface area (Å²) in [5, 5.41) is 0. The normalized spacial score (nSPS) is 12.3. The zero-order chi connectivity index (χ0) is 70.7. The van der Waals surface area contributed by atoms with Gasteiger partial charge in [0.2, 0.25) is 26.9 Å². The molecule has 8 heteroatoms. The Balaban J connectivity index is 0.000000182. The number of hydrogen-bond donors (Lipinski definition) is 0. The first-order valence-corrected chi connectivity index (χ1v) is 39.1. The highest BCUT2D eigenvalue weighted by Gasteiger charge is 2.29. The lowest BCUT2D eigenvalue weighted by Gasteiger charge is -2.18. The Kier molecular flexibility index (Phi) is 27.5. The maximum absolute atomic E-state index is 6.30. The predicted octanol–water partition coefficient (Wildman–Crippen LogP) is 18.9. The number of fused-ring (bicyclic) bond motifs is 8. The van der Waals surface area contributed by atoms with Crippen LogP contribution in [0, 0.1) is 76.3 Å². The Morgan fingerprint density at radius 3 is 1.13 bits per heavy atom. The van der Waals surface area contributed by atoms with Gasteiger partial charge < -0.3 is 9.47 Å². The molecule has 0 atom stereocenters. The van der Waals surface area contributed by atoms with Crippen molar-refractivity contribution in [2.75, 3.05) is 13.2 Å². The molecule has 8 aromatic rings. The predicted molar refractivity (Wildman–Crippen MR) is 461 cm³/mol. The Hall–Kier alpha value is -7.72. The van der Waals surface area contributed by atoms with Crippen molar-refractivity contribution in [3.8, 4) is 59.9 Å². The summed E-state index contributed by atoms with van der Waals surface area (Å²) < 4.78 is 14.7. The molecule has 0 bridgehead atoms. The molecule has 0 N–H and O–H groups in total. The number of halogens is 2. The monoisotopic (exact) mass is 1530 g/mol. The van der Waals surface area contributed by atoms with Crippen molar-refractivity contribution >= 4 is 164 Å². The third kappa shape index (κ3) is 19.1. The van der Waals surface area contributed by atoms with Crippen molar-refractivity contribution in [2.24, 2.45) is 0 Å². The summed E-state index contributed by atoms with van der Waals surface area (Å²) in [6.45, 7) is 24.9. The molecular weight excluding hydrogens is 1430 g/mol. The van der Waals surface area contributed by atoms with Crippen LogP contribution in [0.4, 0.5) is 0 Å². The molecule has 100 heavy (non-hydrogen) atoms. The largest absolute Gasteiger partial charge is 0.492 e. The molecule has 2 nitrogen and oxygen atoms in total. The molecule has 0 spiro atoms. The fourth-order valence-corrected chi connectivity index (χ4v) is 15.7. The van der Waals surface area contributed by atoms with Crippen LogP contribution in [0.15, 0.2) is 121 Å². The summed E-state index contributed by atoms with van der Waals surface area (Å²) in [6.07, 6.45) is 50.4. The highest BCUT2D eigenvalue weighted by molar-refractivity contribution is 14.1. The Morgan fingerprint density at radius 2 is 0.710 bits per heavy atom. The van der Waals surface area contributed by atoms with Crippen LogP contribution < -0.4 is 53.2 Å². The second-order valence-corrected chi connectivity index (χ2v) is 30.2. The fourth-order valence-electron chi connectivity index (χ4n) is 14.5. The first-order chi connectivity index (χ1) is 48.6. The standard InChI is InChI=1S/C47H50B2O.C28H20B2.C17H26I2O/c1-7-9-10-11-12-13-14-15-27-50-47-33-37(35(4)29-42(47)16-8-2)20-18-36-19-26-44-39(30-36)22-24-41-32-45-40(31-46(41)49(44)6)23-21-38-28-34(3)17-25-43(38)48(45)5;1-5-19-7-13-25-21(15-19)9-11-23-17-28-24(18-27(23)29(25)3)12-10-22-16-20(6-2)8-14-26(22)30(28)4;1-3-4-5-6-7-8-9-10-11-20-17-13-15(18)14(2)12-16(17)19/h17,19,21-26,28-33H,7,9-15,27H2,1-6H3;1-2,7-18H,3-4H3;12-13H,3-11H2,1-2H3. The number of rotatable bonds is 20. The van der Waals surface area contributed by atoms with Gasteiger partial charge in [-0.2, -0.15) is 0 Å². The van der Waals surface area contributed by atoms with Crippen LogP contribution in [-0.4, -0.2) is 40.1 Å². The van der Waals surface area contributed by atoms with Gasteiger partial charge in [-0.1, -0.05) is 319 Å². The van der Waals surface area contributed by atoms with Gasteiger partial charge in [0.15, 0.2) is 0 Å². The molecule has 0 radical (unpaired) electrons. The second-order valence-electron chi connectivity index (χ2n) is 27.9. The highest BCUT2D eigenvalue weighted by Crippen LogP contribution is 2.28. The highest BCUT2D eigenvalue weighted by atomic mass is 127. The summed E-state index contributed by atoms with van der Waals surface area (Å²) in [5.41, 5.74) is 29.6. The minimum atomic E-state index is 0.272. The molecule has 8 aromatic carbocycles. The van der Waals surface area contributed by atoms with Crippen LogP contribution in [0.5, 0.6) is 11.5 Å². The molecule has 4 aliphatic rings. The van der Waals surface area contributed by atoms with Crippen molar-refractivity contribution < 1.29 is 9.47 Å². The molecule has 0 fully saturated rings. The van der Waals surface area contributed by atoms with Gasteiger partial charge in [-0.05, 0) is 202 Å². The van der Waals surface area contributed by atoms with Gasteiger partial charge in [-0.3, -0.25) is 0 Å². The molecule has 0 saturated carbocycles. The van der Waals surface area contributed by atoms with E-state index in [0.29, 0.717) is 26.7 Å². The number of hydrogen-bond acceptors (Lipinski definition) is 2. The van der Waals surface area contributed by atoms with E-state index in [0.717, 1.165) is 57.9 Å².